The van der Waals surface area contributed by atoms with E-state index in [9.17, 15) is 9.90 Å². The number of rotatable bonds is 11. The molecule has 1 aromatic carbocycles. The first-order valence-electron chi connectivity index (χ1n) is 12.9. The van der Waals surface area contributed by atoms with Gasteiger partial charge in [-0.1, -0.05) is 42.5 Å². The van der Waals surface area contributed by atoms with Gasteiger partial charge in [-0.05, 0) is 37.8 Å². The topological polar surface area (TPSA) is 91.3 Å². The minimum atomic E-state index is -0.749. The third-order valence-corrected chi connectivity index (χ3v) is 7.56. The highest BCUT2D eigenvalue weighted by Crippen LogP contribution is 2.41. The molecule has 2 heterocycles. The van der Waals surface area contributed by atoms with Gasteiger partial charge >= 0.3 is 5.97 Å². The van der Waals surface area contributed by atoms with Gasteiger partial charge < -0.3 is 25.0 Å². The van der Waals surface area contributed by atoms with Crippen molar-refractivity contribution in [2.75, 3.05) is 39.4 Å². The first-order chi connectivity index (χ1) is 16.6. The number of carbonyl (C=O) groups is 1. The van der Waals surface area contributed by atoms with Crippen LogP contribution in [0.15, 0.2) is 42.5 Å². The van der Waals surface area contributed by atoms with E-state index in [1.807, 2.05) is 6.07 Å². The van der Waals surface area contributed by atoms with Crippen LogP contribution in [0.4, 0.5) is 0 Å². The van der Waals surface area contributed by atoms with Crippen LogP contribution in [-0.2, 0) is 14.3 Å². The first kappa shape index (κ1) is 25.3. The number of hydrogen-bond donors (Lipinski definition) is 3. The zero-order valence-electron chi connectivity index (χ0n) is 20.1. The number of benzene rings is 1. The van der Waals surface area contributed by atoms with E-state index in [0.717, 1.165) is 45.4 Å². The molecule has 0 aromatic heterocycles. The molecular weight excluding hydrogens is 432 g/mol. The van der Waals surface area contributed by atoms with Crippen LogP contribution in [0.1, 0.15) is 50.2 Å². The van der Waals surface area contributed by atoms with Gasteiger partial charge in [-0.15, -0.1) is 0 Å². The number of hydrogen-bond acceptors (Lipinski definition) is 6. The van der Waals surface area contributed by atoms with Crippen molar-refractivity contribution >= 4 is 5.97 Å². The van der Waals surface area contributed by atoms with E-state index in [1.54, 1.807) is 0 Å². The van der Waals surface area contributed by atoms with Gasteiger partial charge in [-0.25, -0.2) is 0 Å². The minimum Gasteiger partial charge on any atom is -0.481 e. The van der Waals surface area contributed by atoms with Crippen LogP contribution in [0.25, 0.3) is 0 Å². The van der Waals surface area contributed by atoms with Gasteiger partial charge in [-0.2, -0.15) is 0 Å². The van der Waals surface area contributed by atoms with Crippen molar-refractivity contribution in [3.8, 4) is 0 Å². The number of aliphatic carboxylic acids is 1. The Labute approximate surface area is 203 Å². The number of carboxylic acid groups (broad SMARTS) is 1. The fourth-order valence-electron chi connectivity index (χ4n) is 5.87. The quantitative estimate of drug-likeness (QED) is 0.337. The smallest absolute Gasteiger partial charge is 0.303 e. The molecule has 3 fully saturated rings. The molecule has 4 rings (SSSR count). The van der Waals surface area contributed by atoms with Crippen LogP contribution in [0.5, 0.6) is 0 Å². The Bertz CT molecular complexity index is 776. The summed E-state index contributed by atoms with van der Waals surface area (Å²) in [6.45, 7) is 5.04. The molecule has 2 saturated heterocycles. The van der Waals surface area contributed by atoms with Crippen LogP contribution in [-0.4, -0.2) is 78.7 Å². The van der Waals surface area contributed by atoms with E-state index < -0.39 is 12.1 Å². The van der Waals surface area contributed by atoms with Gasteiger partial charge in [-0.3, -0.25) is 9.69 Å². The van der Waals surface area contributed by atoms with Crippen molar-refractivity contribution < 1.29 is 24.5 Å². The number of unbranched alkanes of at least 4 members (excludes halogenated alkanes) is 1. The molecule has 2 unspecified atom stereocenters. The number of ether oxygens (including phenoxy) is 2. The maximum atomic E-state index is 11.2. The van der Waals surface area contributed by atoms with Gasteiger partial charge in [0, 0.05) is 50.4 Å². The summed E-state index contributed by atoms with van der Waals surface area (Å²) in [5.74, 6) is -0.139. The maximum absolute atomic E-state index is 11.2. The highest BCUT2D eigenvalue weighted by Gasteiger charge is 2.47. The second-order valence-corrected chi connectivity index (χ2v) is 9.86. The monoisotopic (exact) mass is 472 g/mol. The van der Waals surface area contributed by atoms with Crippen LogP contribution in [0.2, 0.25) is 0 Å². The van der Waals surface area contributed by atoms with Crippen LogP contribution in [0.3, 0.4) is 0 Å². The average molecular weight is 473 g/mol. The summed E-state index contributed by atoms with van der Waals surface area (Å²) in [6, 6.07) is 10.6. The fourth-order valence-corrected chi connectivity index (χ4v) is 5.87. The summed E-state index contributed by atoms with van der Waals surface area (Å²) < 4.78 is 12.5. The van der Waals surface area contributed by atoms with Crippen LogP contribution < -0.4 is 5.32 Å². The van der Waals surface area contributed by atoms with Crippen LogP contribution >= 0.6 is 0 Å². The summed E-state index contributed by atoms with van der Waals surface area (Å²) in [4.78, 5) is 13.2. The summed E-state index contributed by atoms with van der Waals surface area (Å²) in [7, 11) is 0. The zero-order valence-corrected chi connectivity index (χ0v) is 20.1. The largest absolute Gasteiger partial charge is 0.481 e. The van der Waals surface area contributed by atoms with Crippen molar-refractivity contribution in [2.45, 2.75) is 62.9 Å². The van der Waals surface area contributed by atoms with Gasteiger partial charge in [0.05, 0.1) is 31.5 Å². The maximum Gasteiger partial charge on any atom is 0.303 e. The van der Waals surface area contributed by atoms with Crippen molar-refractivity contribution in [1.82, 2.24) is 10.2 Å². The van der Waals surface area contributed by atoms with E-state index >= 15 is 0 Å². The normalized spacial score (nSPS) is 31.3. The third-order valence-electron chi connectivity index (χ3n) is 7.56. The van der Waals surface area contributed by atoms with Crippen molar-refractivity contribution in [3.05, 3.63) is 48.0 Å². The molecule has 1 saturated carbocycles. The Balaban J connectivity index is 1.49. The highest BCUT2D eigenvalue weighted by atomic mass is 16.5. The lowest BCUT2D eigenvalue weighted by atomic mass is 9.92. The molecule has 6 atom stereocenters. The molecule has 34 heavy (non-hydrogen) atoms. The number of aliphatic hydroxyl groups excluding tert-OH is 1. The zero-order chi connectivity index (χ0) is 23.8. The molecule has 2 aliphatic heterocycles. The second kappa shape index (κ2) is 12.8. The molecule has 1 aromatic rings. The first-order valence-corrected chi connectivity index (χ1v) is 12.9. The Morgan fingerprint density at radius 3 is 2.74 bits per heavy atom. The van der Waals surface area contributed by atoms with Gasteiger partial charge in [0.15, 0.2) is 0 Å². The predicted octanol–water partition coefficient (Wildman–Crippen LogP) is 3.01. The number of nitrogens with zero attached hydrogens (tertiary/aromatic N) is 1. The van der Waals surface area contributed by atoms with Crippen molar-refractivity contribution in [2.24, 2.45) is 11.8 Å². The van der Waals surface area contributed by atoms with E-state index in [1.165, 1.54) is 5.56 Å². The molecule has 1 aliphatic carbocycles. The molecular formula is C27H40N2O5. The lowest BCUT2D eigenvalue weighted by Crippen LogP contribution is -2.50. The lowest BCUT2D eigenvalue weighted by Gasteiger charge is -2.38. The minimum absolute atomic E-state index is 0.0129. The third kappa shape index (κ3) is 6.67. The fraction of sp³-hybridized carbons (Fsp3) is 0.667. The van der Waals surface area contributed by atoms with Gasteiger partial charge in [0.1, 0.15) is 0 Å². The molecule has 7 heteroatoms. The summed E-state index contributed by atoms with van der Waals surface area (Å²) >= 11 is 0. The van der Waals surface area contributed by atoms with Crippen LogP contribution in [0, 0.1) is 11.8 Å². The number of nitrogens with one attached hydrogen (secondary N) is 1. The van der Waals surface area contributed by atoms with Gasteiger partial charge in [0.25, 0.3) is 0 Å². The molecule has 0 radical (unpaired) electrons. The lowest BCUT2D eigenvalue weighted by molar-refractivity contribution is -0.137. The number of aliphatic hydroxyl groups is 1. The van der Waals surface area contributed by atoms with E-state index in [-0.39, 0.29) is 30.6 Å². The Morgan fingerprint density at radius 1 is 1.24 bits per heavy atom. The number of morpholine rings is 1. The van der Waals surface area contributed by atoms with Crippen molar-refractivity contribution in [1.29, 1.82) is 0 Å². The molecule has 0 amide bonds. The summed E-state index contributed by atoms with van der Waals surface area (Å²) in [6.07, 6.45) is 7.98. The molecule has 188 valence electrons. The Morgan fingerprint density at radius 2 is 2.03 bits per heavy atom. The molecule has 3 aliphatic rings. The Kier molecular flexibility index (Phi) is 9.53. The number of allylic oxidation sites excluding steroid dienone is 2. The van der Waals surface area contributed by atoms with Gasteiger partial charge in [0.2, 0.25) is 0 Å². The summed E-state index contributed by atoms with van der Waals surface area (Å²) in [5.41, 5.74) is 1.21. The van der Waals surface area contributed by atoms with E-state index in [2.05, 4.69) is 46.6 Å². The Hall–Kier alpha value is -1.77. The van der Waals surface area contributed by atoms with E-state index in [0.29, 0.717) is 32.0 Å². The van der Waals surface area contributed by atoms with Crippen molar-refractivity contribution in [3.63, 3.8) is 0 Å². The number of carboxylic acids is 1. The SMILES string of the molecule is O=C(O)CCCC=CC[C@@H]1[C@@H](N2CCOCC2)[C@H](O)C[C@@H]1OC(c1ccccc1)C1CCNC1. The molecule has 0 bridgehead atoms. The molecule has 3 N–H and O–H groups in total. The molecule has 0 spiro atoms. The summed E-state index contributed by atoms with van der Waals surface area (Å²) in [5, 5.41) is 23.5. The highest BCUT2D eigenvalue weighted by molar-refractivity contribution is 5.66. The predicted molar refractivity (Wildman–Crippen MR) is 131 cm³/mol. The molecule has 7 nitrogen and oxygen atoms in total. The van der Waals surface area contributed by atoms with E-state index in [4.69, 9.17) is 14.6 Å². The standard InChI is InChI=1S/C27H40N2O5/c30-23-18-24(34-27(21-12-13-28-19-21)20-8-4-3-5-9-20)22(10-6-1-2-7-11-25(31)32)26(23)29-14-16-33-17-15-29/h1,3-6,8-9,21-24,26-28,30H,2,7,10-19H2,(H,31,32)/t21?,22-,23+,24-,26+,27?/m0/s1. The average Bonchev–Trinajstić information content (AvgIpc) is 3.48. The second-order valence-electron chi connectivity index (χ2n) is 9.86.